The highest BCUT2D eigenvalue weighted by molar-refractivity contribution is 5.64. The first-order chi connectivity index (χ1) is 10.3. The second-order valence-electron chi connectivity index (χ2n) is 5.53. The van der Waals surface area contributed by atoms with Gasteiger partial charge >= 0.3 is 0 Å². The predicted octanol–water partition coefficient (Wildman–Crippen LogP) is 3.39. The van der Waals surface area contributed by atoms with Gasteiger partial charge in [0.1, 0.15) is 11.5 Å². The fourth-order valence-electron chi connectivity index (χ4n) is 2.59. The van der Waals surface area contributed by atoms with Crippen LogP contribution in [0.25, 0.3) is 16.9 Å². The number of nitrogens with one attached hydrogen (secondary N) is 1. The molecule has 1 aromatic carbocycles. The van der Waals surface area contributed by atoms with Crippen molar-refractivity contribution in [1.82, 2.24) is 14.7 Å². The Bertz CT molecular complexity index is 790. The van der Waals surface area contributed by atoms with E-state index in [-0.39, 0.29) is 5.82 Å². The zero-order chi connectivity index (χ0) is 14.2. The van der Waals surface area contributed by atoms with Crippen LogP contribution in [0.4, 0.5) is 4.39 Å². The van der Waals surface area contributed by atoms with Crippen LogP contribution in [0, 0.1) is 5.82 Å². The van der Waals surface area contributed by atoms with Gasteiger partial charge < -0.3 is 5.32 Å². The molecule has 0 spiro atoms. The van der Waals surface area contributed by atoms with Crippen molar-refractivity contribution in [2.24, 2.45) is 0 Å². The van der Waals surface area contributed by atoms with Gasteiger partial charge in [0, 0.05) is 30.5 Å². The van der Waals surface area contributed by atoms with Gasteiger partial charge in [0.25, 0.3) is 0 Å². The molecule has 4 rings (SSSR count). The molecular weight excluding hydrogens is 265 g/mol. The number of imidazole rings is 1. The van der Waals surface area contributed by atoms with E-state index in [9.17, 15) is 4.39 Å². The van der Waals surface area contributed by atoms with Crippen molar-refractivity contribution in [2.45, 2.75) is 25.4 Å². The van der Waals surface area contributed by atoms with Gasteiger partial charge in [-0.25, -0.2) is 9.37 Å². The van der Waals surface area contributed by atoms with Gasteiger partial charge in [0.15, 0.2) is 0 Å². The van der Waals surface area contributed by atoms with E-state index in [1.807, 2.05) is 40.9 Å². The van der Waals surface area contributed by atoms with Crippen LogP contribution in [0.2, 0.25) is 0 Å². The van der Waals surface area contributed by atoms with Crippen LogP contribution < -0.4 is 5.32 Å². The van der Waals surface area contributed by atoms with Gasteiger partial charge in [0.05, 0.1) is 5.69 Å². The summed E-state index contributed by atoms with van der Waals surface area (Å²) in [5, 5.41) is 3.37. The largest absolute Gasteiger partial charge is 0.310 e. The number of hydrogen-bond acceptors (Lipinski definition) is 2. The third-order valence-electron chi connectivity index (χ3n) is 3.93. The minimum absolute atomic E-state index is 0.148. The number of aromatic nitrogens is 2. The molecule has 1 aliphatic rings. The zero-order valence-electron chi connectivity index (χ0n) is 11.6. The van der Waals surface area contributed by atoms with Crippen molar-refractivity contribution in [2.75, 3.05) is 0 Å². The molecule has 106 valence electrons. The Hall–Kier alpha value is -2.20. The molecule has 1 aliphatic carbocycles. The number of benzene rings is 1. The van der Waals surface area contributed by atoms with Crippen molar-refractivity contribution in [1.29, 1.82) is 0 Å². The van der Waals surface area contributed by atoms with Crippen LogP contribution in [0.3, 0.4) is 0 Å². The van der Waals surface area contributed by atoms with Gasteiger partial charge in [-0.15, -0.1) is 0 Å². The van der Waals surface area contributed by atoms with Gasteiger partial charge in [-0.1, -0.05) is 6.07 Å². The quantitative estimate of drug-likeness (QED) is 0.794. The number of hydrogen-bond donors (Lipinski definition) is 1. The summed E-state index contributed by atoms with van der Waals surface area (Å²) in [4.78, 5) is 4.29. The number of rotatable bonds is 4. The summed E-state index contributed by atoms with van der Waals surface area (Å²) in [5.41, 5.74) is 3.65. The molecule has 0 radical (unpaired) electrons. The Labute approximate surface area is 122 Å². The van der Waals surface area contributed by atoms with E-state index >= 15 is 0 Å². The third kappa shape index (κ3) is 2.43. The maximum atomic E-state index is 14.0. The Kier molecular flexibility index (Phi) is 2.97. The van der Waals surface area contributed by atoms with Gasteiger partial charge in [-0.3, -0.25) is 4.40 Å². The Morgan fingerprint density at radius 2 is 2.14 bits per heavy atom. The molecule has 3 nitrogen and oxygen atoms in total. The highest BCUT2D eigenvalue weighted by atomic mass is 19.1. The molecule has 0 amide bonds. The number of nitrogens with zero attached hydrogens (tertiary/aromatic N) is 2. The second kappa shape index (κ2) is 4.97. The van der Waals surface area contributed by atoms with E-state index in [0.29, 0.717) is 12.6 Å². The minimum atomic E-state index is -0.148. The summed E-state index contributed by atoms with van der Waals surface area (Å²) in [6.45, 7) is 0.588. The molecule has 0 aliphatic heterocycles. The molecular formula is C17H16FN3. The Morgan fingerprint density at radius 3 is 3.00 bits per heavy atom. The SMILES string of the molecule is Fc1ccc(-c2cccc3nccn23)cc1CNC1CC1. The molecule has 21 heavy (non-hydrogen) atoms. The Morgan fingerprint density at radius 1 is 1.24 bits per heavy atom. The number of halogens is 1. The average molecular weight is 281 g/mol. The van der Waals surface area contributed by atoms with Crippen LogP contribution in [0.15, 0.2) is 48.8 Å². The van der Waals surface area contributed by atoms with Crippen LogP contribution >= 0.6 is 0 Å². The summed E-state index contributed by atoms with van der Waals surface area (Å²) >= 11 is 0. The lowest BCUT2D eigenvalue weighted by Crippen LogP contribution is -2.16. The third-order valence-corrected chi connectivity index (χ3v) is 3.93. The van der Waals surface area contributed by atoms with Crippen LogP contribution in [-0.4, -0.2) is 15.4 Å². The fourth-order valence-corrected chi connectivity index (χ4v) is 2.59. The standard InChI is InChI=1S/C17H16FN3/c18-15-7-4-12(10-13(15)11-20-14-5-6-14)16-2-1-3-17-19-8-9-21(16)17/h1-4,7-10,14,20H,5-6,11H2. The fraction of sp³-hybridized carbons (Fsp3) is 0.235. The Balaban J connectivity index is 1.73. The smallest absolute Gasteiger partial charge is 0.137 e. The molecule has 2 aromatic heterocycles. The summed E-state index contributed by atoms with van der Waals surface area (Å²) in [7, 11) is 0. The molecule has 1 saturated carbocycles. The van der Waals surface area contributed by atoms with Crippen LogP contribution in [-0.2, 0) is 6.54 Å². The van der Waals surface area contributed by atoms with Gasteiger partial charge in [-0.05, 0) is 48.7 Å². The van der Waals surface area contributed by atoms with E-state index < -0.39 is 0 Å². The predicted molar refractivity (Wildman–Crippen MR) is 80.4 cm³/mol. The van der Waals surface area contributed by atoms with Gasteiger partial charge in [0.2, 0.25) is 0 Å². The zero-order valence-corrected chi connectivity index (χ0v) is 11.6. The summed E-state index contributed by atoms with van der Waals surface area (Å²) in [6, 6.07) is 11.8. The maximum Gasteiger partial charge on any atom is 0.137 e. The van der Waals surface area contributed by atoms with Crippen molar-refractivity contribution in [3.63, 3.8) is 0 Å². The highest BCUT2D eigenvalue weighted by Crippen LogP contribution is 2.24. The van der Waals surface area contributed by atoms with Gasteiger partial charge in [-0.2, -0.15) is 0 Å². The first-order valence-electron chi connectivity index (χ1n) is 7.25. The van der Waals surface area contributed by atoms with E-state index in [1.54, 1.807) is 12.3 Å². The molecule has 4 heteroatoms. The van der Waals surface area contributed by atoms with E-state index in [1.165, 1.54) is 12.8 Å². The van der Waals surface area contributed by atoms with Crippen molar-refractivity contribution in [3.05, 3.63) is 60.2 Å². The number of fused-ring (bicyclic) bond motifs is 1. The number of pyridine rings is 1. The van der Waals surface area contributed by atoms with E-state index in [2.05, 4.69) is 10.3 Å². The lowest BCUT2D eigenvalue weighted by atomic mass is 10.1. The summed E-state index contributed by atoms with van der Waals surface area (Å²) in [6.07, 6.45) is 6.11. The molecule has 2 heterocycles. The second-order valence-corrected chi connectivity index (χ2v) is 5.53. The molecule has 1 N–H and O–H groups in total. The normalized spacial score (nSPS) is 14.7. The first kappa shape index (κ1) is 12.5. The average Bonchev–Trinajstić information content (AvgIpc) is 3.21. The summed E-state index contributed by atoms with van der Waals surface area (Å²) < 4.78 is 16.0. The maximum absolute atomic E-state index is 14.0. The molecule has 0 bridgehead atoms. The lowest BCUT2D eigenvalue weighted by molar-refractivity contribution is 0.587. The highest BCUT2D eigenvalue weighted by Gasteiger charge is 2.20. The molecule has 0 atom stereocenters. The van der Waals surface area contributed by atoms with Crippen molar-refractivity contribution < 1.29 is 4.39 Å². The van der Waals surface area contributed by atoms with Crippen LogP contribution in [0.1, 0.15) is 18.4 Å². The van der Waals surface area contributed by atoms with Crippen molar-refractivity contribution >= 4 is 5.65 Å². The van der Waals surface area contributed by atoms with E-state index in [0.717, 1.165) is 22.5 Å². The molecule has 1 fully saturated rings. The van der Waals surface area contributed by atoms with Crippen LogP contribution in [0.5, 0.6) is 0 Å². The molecule has 0 unspecified atom stereocenters. The summed E-state index contributed by atoms with van der Waals surface area (Å²) in [5.74, 6) is -0.148. The molecule has 3 aromatic rings. The first-order valence-corrected chi connectivity index (χ1v) is 7.25. The van der Waals surface area contributed by atoms with Crippen molar-refractivity contribution in [3.8, 4) is 11.3 Å². The lowest BCUT2D eigenvalue weighted by Gasteiger charge is -2.10. The van der Waals surface area contributed by atoms with E-state index in [4.69, 9.17) is 0 Å². The topological polar surface area (TPSA) is 29.3 Å². The monoisotopic (exact) mass is 281 g/mol. The molecule has 0 saturated heterocycles. The minimum Gasteiger partial charge on any atom is -0.310 e.